The monoisotopic (exact) mass is 453 g/mol. The van der Waals surface area contributed by atoms with Crippen molar-refractivity contribution in [3.05, 3.63) is 0 Å². The molecule has 13 heteroatoms. The molecule has 0 radical (unpaired) electrons. The summed E-state index contributed by atoms with van der Waals surface area (Å²) >= 11 is 0. The van der Waals surface area contributed by atoms with Gasteiger partial charge in [0.1, 0.15) is 6.23 Å². The third kappa shape index (κ3) is 8.20. The van der Waals surface area contributed by atoms with Gasteiger partial charge in [-0.15, -0.1) is 0 Å². The molecule has 13 nitrogen and oxygen atoms in total. The van der Waals surface area contributed by atoms with Gasteiger partial charge in [-0.3, -0.25) is 4.79 Å². The normalized spacial score (nSPS) is 28.9. The van der Waals surface area contributed by atoms with Gasteiger partial charge in [0, 0.05) is 26.7 Å². The van der Waals surface area contributed by atoms with Crippen LogP contribution < -0.4 is 5.32 Å². The van der Waals surface area contributed by atoms with E-state index in [0.717, 1.165) is 6.92 Å². The summed E-state index contributed by atoms with van der Waals surface area (Å²) < 4.78 is 19.6. The fourth-order valence-corrected chi connectivity index (χ4v) is 3.06. The molecule has 0 saturated carbocycles. The average molecular weight is 453 g/mol. The number of ether oxygens (including phenoxy) is 4. The van der Waals surface area contributed by atoms with E-state index in [4.69, 9.17) is 24.1 Å². The van der Waals surface area contributed by atoms with Gasteiger partial charge < -0.3 is 49.8 Å². The quantitative estimate of drug-likeness (QED) is 0.167. The first-order valence-electron chi connectivity index (χ1n) is 9.69. The second kappa shape index (κ2) is 11.5. The molecule has 1 saturated heterocycles. The number of amides is 1. The molecule has 1 fully saturated rings. The Labute approximate surface area is 178 Å². The van der Waals surface area contributed by atoms with E-state index in [9.17, 15) is 34.8 Å². The molecule has 1 aliphatic rings. The lowest BCUT2D eigenvalue weighted by Gasteiger charge is -2.45. The molecule has 0 spiro atoms. The van der Waals surface area contributed by atoms with Crippen LogP contribution in [0.5, 0.6) is 0 Å². The molecule has 0 aromatic carbocycles. The van der Waals surface area contributed by atoms with Gasteiger partial charge in [-0.1, -0.05) is 0 Å². The second-order valence-corrected chi connectivity index (χ2v) is 7.51. The van der Waals surface area contributed by atoms with Crippen LogP contribution >= 0.6 is 0 Å². The molecule has 1 amide bonds. The topological polar surface area (TPSA) is 201 Å². The molecule has 0 aliphatic carbocycles. The number of rotatable bonds is 9. The van der Waals surface area contributed by atoms with Gasteiger partial charge in [-0.2, -0.15) is 0 Å². The first-order chi connectivity index (χ1) is 14.3. The zero-order valence-electron chi connectivity index (χ0n) is 17.8. The van der Waals surface area contributed by atoms with Gasteiger partial charge in [-0.05, 0) is 13.8 Å². The Bertz CT molecular complexity index is 629. The summed E-state index contributed by atoms with van der Waals surface area (Å²) in [5.41, 5.74) is 0. The molecule has 0 aromatic rings. The maximum absolute atomic E-state index is 12.5. The molecule has 1 aliphatic heterocycles. The SMILES string of the molecule is CC(=O)N[C@@H](O)[C@@H]1[C@H](C[C@H](O)CO)O[C@](O)(C(=O)OC(C)OC(=O)OC(C)C)C[C@@H]1O. The summed E-state index contributed by atoms with van der Waals surface area (Å²) in [5.74, 6) is -6.02. The molecule has 180 valence electrons. The number of aliphatic hydroxyl groups is 5. The summed E-state index contributed by atoms with van der Waals surface area (Å²) in [6.45, 7) is 4.74. The lowest BCUT2D eigenvalue weighted by molar-refractivity contribution is -0.304. The molecule has 31 heavy (non-hydrogen) atoms. The van der Waals surface area contributed by atoms with Crippen molar-refractivity contribution in [2.45, 2.75) is 83.3 Å². The zero-order valence-corrected chi connectivity index (χ0v) is 17.8. The number of carbonyl (C=O) groups excluding carboxylic acids is 3. The van der Waals surface area contributed by atoms with Crippen molar-refractivity contribution in [3.8, 4) is 0 Å². The van der Waals surface area contributed by atoms with Crippen molar-refractivity contribution < 1.29 is 58.9 Å². The van der Waals surface area contributed by atoms with Gasteiger partial charge in [0.15, 0.2) is 0 Å². The van der Waals surface area contributed by atoms with E-state index in [0.29, 0.717) is 0 Å². The van der Waals surface area contributed by atoms with Crippen molar-refractivity contribution in [1.29, 1.82) is 0 Å². The highest BCUT2D eigenvalue weighted by Gasteiger charge is 2.54. The zero-order chi connectivity index (χ0) is 23.9. The molecule has 1 unspecified atom stereocenters. The van der Waals surface area contributed by atoms with Crippen LogP contribution in [0.15, 0.2) is 0 Å². The Kier molecular flexibility index (Phi) is 10.1. The minimum absolute atomic E-state index is 0.406. The maximum atomic E-state index is 12.5. The van der Waals surface area contributed by atoms with Crippen molar-refractivity contribution in [3.63, 3.8) is 0 Å². The van der Waals surface area contributed by atoms with Gasteiger partial charge in [0.25, 0.3) is 5.79 Å². The van der Waals surface area contributed by atoms with E-state index in [1.165, 1.54) is 6.92 Å². The van der Waals surface area contributed by atoms with Gasteiger partial charge in [0.2, 0.25) is 12.2 Å². The van der Waals surface area contributed by atoms with Crippen molar-refractivity contribution in [2.24, 2.45) is 5.92 Å². The second-order valence-electron chi connectivity index (χ2n) is 7.51. The highest BCUT2D eigenvalue weighted by Crippen LogP contribution is 2.36. The smallest absolute Gasteiger partial charge is 0.431 e. The lowest BCUT2D eigenvalue weighted by atomic mass is 9.83. The van der Waals surface area contributed by atoms with Crippen molar-refractivity contribution in [2.75, 3.05) is 6.61 Å². The van der Waals surface area contributed by atoms with Crippen LogP contribution in [0.4, 0.5) is 4.79 Å². The van der Waals surface area contributed by atoms with Crippen LogP contribution in [-0.4, -0.2) is 92.9 Å². The lowest BCUT2D eigenvalue weighted by Crippen LogP contribution is -2.61. The Hall–Kier alpha value is -2.03. The van der Waals surface area contributed by atoms with Crippen LogP contribution in [0.25, 0.3) is 0 Å². The minimum atomic E-state index is -2.73. The van der Waals surface area contributed by atoms with Gasteiger partial charge in [-0.25, -0.2) is 9.59 Å². The van der Waals surface area contributed by atoms with Crippen LogP contribution in [0, 0.1) is 5.92 Å². The molecule has 7 atom stereocenters. The standard InChI is InChI=1S/C18H31NO12/c1-8(2)28-17(26)30-10(4)29-16(25)18(27)6-12(23)14(15(24)19-9(3)21)13(31-18)5-11(22)7-20/h8,10-15,20,22-24,27H,5-7H2,1-4H3,(H,19,21)/t10?,11-,12-,13-,14-,15-,18-/m0/s1. The third-order valence-corrected chi connectivity index (χ3v) is 4.32. The predicted molar refractivity (Wildman–Crippen MR) is 99.7 cm³/mol. The molecule has 0 bridgehead atoms. The van der Waals surface area contributed by atoms with Crippen molar-refractivity contribution in [1.82, 2.24) is 5.32 Å². The van der Waals surface area contributed by atoms with Crippen LogP contribution in [0.1, 0.15) is 40.5 Å². The van der Waals surface area contributed by atoms with E-state index >= 15 is 0 Å². The number of hydrogen-bond donors (Lipinski definition) is 6. The van der Waals surface area contributed by atoms with Gasteiger partial charge >= 0.3 is 12.1 Å². The fourth-order valence-electron chi connectivity index (χ4n) is 3.06. The molecule has 0 aromatic heterocycles. The summed E-state index contributed by atoms with van der Waals surface area (Å²) in [6, 6.07) is 0. The molecule has 6 N–H and O–H groups in total. The van der Waals surface area contributed by atoms with Crippen LogP contribution in [0.2, 0.25) is 0 Å². The van der Waals surface area contributed by atoms with Crippen molar-refractivity contribution >= 4 is 18.0 Å². The largest absolute Gasteiger partial charge is 0.511 e. The Balaban J connectivity index is 2.94. The highest BCUT2D eigenvalue weighted by atomic mass is 16.8. The van der Waals surface area contributed by atoms with E-state index in [1.54, 1.807) is 13.8 Å². The Morgan fingerprint density at radius 2 is 1.77 bits per heavy atom. The summed E-state index contributed by atoms with van der Waals surface area (Å²) in [7, 11) is 0. The summed E-state index contributed by atoms with van der Waals surface area (Å²) in [4.78, 5) is 35.2. The van der Waals surface area contributed by atoms with Gasteiger partial charge in [0.05, 0.1) is 36.9 Å². The summed E-state index contributed by atoms with van der Waals surface area (Å²) in [6.07, 6.45) is -10.2. The van der Waals surface area contributed by atoms with Crippen LogP contribution in [0.3, 0.4) is 0 Å². The average Bonchev–Trinajstić information content (AvgIpc) is 2.59. The third-order valence-electron chi connectivity index (χ3n) is 4.32. The van der Waals surface area contributed by atoms with E-state index in [-0.39, 0.29) is 0 Å². The van der Waals surface area contributed by atoms with E-state index in [1.807, 2.05) is 0 Å². The van der Waals surface area contributed by atoms with Crippen LogP contribution in [-0.2, 0) is 28.5 Å². The first-order valence-corrected chi connectivity index (χ1v) is 9.69. The molecular formula is C18H31NO12. The molecular weight excluding hydrogens is 422 g/mol. The van der Waals surface area contributed by atoms with E-state index < -0.39 is 86.1 Å². The van der Waals surface area contributed by atoms with E-state index in [2.05, 4.69) is 5.32 Å². The first kappa shape index (κ1) is 27.0. The number of esters is 1. The predicted octanol–water partition coefficient (Wildman–Crippen LogP) is -1.91. The maximum Gasteiger partial charge on any atom is 0.511 e. The Morgan fingerprint density at radius 3 is 2.29 bits per heavy atom. The minimum Gasteiger partial charge on any atom is -0.431 e. The molecule has 1 rings (SSSR count). The Morgan fingerprint density at radius 1 is 1.16 bits per heavy atom. The fraction of sp³-hybridized carbons (Fsp3) is 0.833. The number of carbonyl (C=O) groups is 3. The number of nitrogens with one attached hydrogen (secondary N) is 1. The number of hydrogen-bond acceptors (Lipinski definition) is 12. The number of aliphatic hydroxyl groups excluding tert-OH is 4. The summed E-state index contributed by atoms with van der Waals surface area (Å²) in [5, 5.41) is 52.3. The highest BCUT2D eigenvalue weighted by molar-refractivity contribution is 5.78. The molecule has 1 heterocycles.